The number of rotatable bonds is 8. The molecule has 9 nitrogen and oxygen atoms in total. The van der Waals surface area contributed by atoms with Gasteiger partial charge < -0.3 is 24.1 Å². The van der Waals surface area contributed by atoms with Crippen LogP contribution in [-0.4, -0.2) is 67.1 Å². The van der Waals surface area contributed by atoms with Gasteiger partial charge in [0.1, 0.15) is 5.82 Å². The first-order valence-electron chi connectivity index (χ1n) is 11.4. The van der Waals surface area contributed by atoms with Crippen molar-refractivity contribution in [2.24, 2.45) is 0 Å². The second-order valence-electron chi connectivity index (χ2n) is 8.25. The number of anilines is 1. The maximum absolute atomic E-state index is 14.0. The van der Waals surface area contributed by atoms with Gasteiger partial charge in [0.2, 0.25) is 12.7 Å². The molecule has 1 saturated heterocycles. The summed E-state index contributed by atoms with van der Waals surface area (Å²) in [4.78, 5) is 16.7. The zero-order valence-corrected chi connectivity index (χ0v) is 18.7. The van der Waals surface area contributed by atoms with E-state index in [1.807, 2.05) is 30.3 Å². The maximum Gasteiger partial charge on any atom is 0.308 e. The van der Waals surface area contributed by atoms with E-state index in [0.717, 1.165) is 44.7 Å². The summed E-state index contributed by atoms with van der Waals surface area (Å²) in [5, 5.41) is 10.7. The monoisotopic (exact) mass is 467 g/mol. The standard InChI is InChI=1S/C24H26FN5O4/c25-18-4-1-2-5-19(18)30-12-10-29(11-13-30)9-3-8-26-23(31)24-28-27-22(34-24)15-17-6-7-20-21(14-17)33-16-32-20/h1-2,4-7,14H,3,8-13,15-16H2,(H,26,31). The molecule has 0 unspecified atom stereocenters. The Hall–Kier alpha value is -3.66. The van der Waals surface area contributed by atoms with Crippen molar-refractivity contribution in [2.75, 3.05) is 51.0 Å². The Bertz CT molecular complexity index is 1150. The molecule has 2 aromatic carbocycles. The van der Waals surface area contributed by atoms with Gasteiger partial charge in [-0.3, -0.25) is 9.69 Å². The highest BCUT2D eigenvalue weighted by Gasteiger charge is 2.20. The van der Waals surface area contributed by atoms with E-state index in [-0.39, 0.29) is 24.4 Å². The molecule has 5 rings (SSSR count). The Morgan fingerprint density at radius 2 is 1.85 bits per heavy atom. The molecule has 2 aliphatic rings. The highest BCUT2D eigenvalue weighted by atomic mass is 19.1. The summed E-state index contributed by atoms with van der Waals surface area (Å²) < 4.78 is 30.2. The molecular formula is C24H26FN5O4. The van der Waals surface area contributed by atoms with Crippen LogP contribution in [0, 0.1) is 5.82 Å². The molecule has 10 heteroatoms. The molecule has 2 aliphatic heterocycles. The molecule has 0 saturated carbocycles. The summed E-state index contributed by atoms with van der Waals surface area (Å²) in [5.41, 5.74) is 1.59. The van der Waals surface area contributed by atoms with Crippen LogP contribution in [0.4, 0.5) is 10.1 Å². The minimum absolute atomic E-state index is 0.0470. The van der Waals surface area contributed by atoms with Gasteiger partial charge in [-0.05, 0) is 42.8 Å². The molecule has 3 heterocycles. The van der Waals surface area contributed by atoms with Crippen LogP contribution < -0.4 is 19.7 Å². The van der Waals surface area contributed by atoms with Gasteiger partial charge in [-0.15, -0.1) is 10.2 Å². The Morgan fingerprint density at radius 1 is 1.03 bits per heavy atom. The van der Waals surface area contributed by atoms with Crippen LogP contribution in [0.2, 0.25) is 0 Å². The van der Waals surface area contributed by atoms with Crippen LogP contribution in [0.5, 0.6) is 11.5 Å². The summed E-state index contributed by atoms with van der Waals surface area (Å²) in [7, 11) is 0. The lowest BCUT2D eigenvalue weighted by atomic mass is 10.1. The van der Waals surface area contributed by atoms with Crippen LogP contribution in [0.15, 0.2) is 46.9 Å². The molecule has 1 aromatic heterocycles. The minimum Gasteiger partial charge on any atom is -0.454 e. The molecule has 0 spiro atoms. The summed E-state index contributed by atoms with van der Waals surface area (Å²) in [6.45, 7) is 4.84. The van der Waals surface area contributed by atoms with Crippen molar-refractivity contribution in [2.45, 2.75) is 12.8 Å². The van der Waals surface area contributed by atoms with Crippen molar-refractivity contribution >= 4 is 11.6 Å². The number of hydrogen-bond acceptors (Lipinski definition) is 8. The molecular weight excluding hydrogens is 441 g/mol. The third-order valence-corrected chi connectivity index (χ3v) is 5.96. The fraction of sp³-hybridized carbons (Fsp3) is 0.375. The van der Waals surface area contributed by atoms with Gasteiger partial charge >= 0.3 is 11.8 Å². The van der Waals surface area contributed by atoms with E-state index in [1.165, 1.54) is 6.07 Å². The summed E-state index contributed by atoms with van der Waals surface area (Å²) in [6.07, 6.45) is 1.19. The van der Waals surface area contributed by atoms with E-state index in [0.29, 0.717) is 36.0 Å². The average molecular weight is 468 g/mol. The predicted molar refractivity (Wildman–Crippen MR) is 122 cm³/mol. The van der Waals surface area contributed by atoms with E-state index in [9.17, 15) is 9.18 Å². The van der Waals surface area contributed by atoms with Gasteiger partial charge in [-0.1, -0.05) is 18.2 Å². The normalized spacial score (nSPS) is 15.5. The number of benzene rings is 2. The van der Waals surface area contributed by atoms with Gasteiger partial charge in [-0.25, -0.2) is 4.39 Å². The van der Waals surface area contributed by atoms with Crippen molar-refractivity contribution < 1.29 is 23.1 Å². The number of fused-ring (bicyclic) bond motifs is 1. The maximum atomic E-state index is 14.0. The van der Waals surface area contributed by atoms with Crippen LogP contribution >= 0.6 is 0 Å². The van der Waals surface area contributed by atoms with Crippen LogP contribution in [0.3, 0.4) is 0 Å². The third-order valence-electron chi connectivity index (χ3n) is 5.96. The number of halogens is 1. The number of nitrogens with zero attached hydrogens (tertiary/aromatic N) is 4. The van der Waals surface area contributed by atoms with Crippen LogP contribution in [-0.2, 0) is 6.42 Å². The van der Waals surface area contributed by atoms with E-state index < -0.39 is 0 Å². The van der Waals surface area contributed by atoms with Crippen molar-refractivity contribution in [1.29, 1.82) is 0 Å². The lowest BCUT2D eigenvalue weighted by Crippen LogP contribution is -2.47. The number of nitrogens with one attached hydrogen (secondary N) is 1. The number of ether oxygens (including phenoxy) is 2. The lowest BCUT2D eigenvalue weighted by molar-refractivity contribution is 0.0915. The van der Waals surface area contributed by atoms with E-state index in [4.69, 9.17) is 13.9 Å². The molecule has 34 heavy (non-hydrogen) atoms. The Kier molecular flexibility index (Phi) is 6.57. The summed E-state index contributed by atoms with van der Waals surface area (Å²) in [5.74, 6) is 1.14. The summed E-state index contributed by atoms with van der Waals surface area (Å²) in [6, 6.07) is 12.5. The number of carbonyl (C=O) groups is 1. The molecule has 0 atom stereocenters. The molecule has 1 N–H and O–H groups in total. The molecule has 0 bridgehead atoms. The zero-order valence-electron chi connectivity index (χ0n) is 18.7. The Morgan fingerprint density at radius 3 is 2.71 bits per heavy atom. The molecule has 3 aromatic rings. The van der Waals surface area contributed by atoms with Crippen molar-refractivity contribution in [1.82, 2.24) is 20.4 Å². The Labute approximate surface area is 196 Å². The molecule has 178 valence electrons. The smallest absolute Gasteiger partial charge is 0.308 e. The molecule has 1 amide bonds. The highest BCUT2D eigenvalue weighted by molar-refractivity contribution is 5.89. The second kappa shape index (κ2) is 10.1. The van der Waals surface area contributed by atoms with Gasteiger partial charge in [0, 0.05) is 32.7 Å². The molecule has 1 fully saturated rings. The van der Waals surface area contributed by atoms with Crippen molar-refractivity contribution in [3.05, 3.63) is 65.6 Å². The number of amides is 1. The number of carbonyl (C=O) groups excluding carboxylic acids is 1. The number of aromatic nitrogens is 2. The first kappa shape index (κ1) is 22.1. The number of para-hydroxylation sites is 1. The topological polar surface area (TPSA) is 93.0 Å². The summed E-state index contributed by atoms with van der Waals surface area (Å²) >= 11 is 0. The van der Waals surface area contributed by atoms with E-state index in [1.54, 1.807) is 6.07 Å². The van der Waals surface area contributed by atoms with Crippen molar-refractivity contribution in [3.63, 3.8) is 0 Å². The fourth-order valence-corrected chi connectivity index (χ4v) is 4.14. The number of hydrogen-bond donors (Lipinski definition) is 1. The fourth-order valence-electron chi connectivity index (χ4n) is 4.14. The highest BCUT2D eigenvalue weighted by Crippen LogP contribution is 2.33. The first-order valence-corrected chi connectivity index (χ1v) is 11.4. The van der Waals surface area contributed by atoms with Gasteiger partial charge in [-0.2, -0.15) is 0 Å². The van der Waals surface area contributed by atoms with Gasteiger partial charge in [0.05, 0.1) is 12.1 Å². The SMILES string of the molecule is O=C(NCCCN1CCN(c2ccccc2F)CC1)c1nnc(Cc2ccc3c(c2)OCO3)o1. The van der Waals surface area contributed by atoms with Crippen LogP contribution in [0.1, 0.15) is 28.6 Å². The van der Waals surface area contributed by atoms with Gasteiger partial charge in [0.15, 0.2) is 11.5 Å². The first-order chi connectivity index (χ1) is 16.7. The van der Waals surface area contributed by atoms with Crippen LogP contribution in [0.25, 0.3) is 0 Å². The second-order valence-corrected chi connectivity index (χ2v) is 8.25. The zero-order chi connectivity index (χ0) is 23.3. The van der Waals surface area contributed by atoms with E-state index >= 15 is 0 Å². The minimum atomic E-state index is -0.381. The largest absolute Gasteiger partial charge is 0.454 e. The lowest BCUT2D eigenvalue weighted by Gasteiger charge is -2.36. The average Bonchev–Trinajstić information content (AvgIpc) is 3.52. The van der Waals surface area contributed by atoms with E-state index in [2.05, 4.69) is 25.3 Å². The third kappa shape index (κ3) is 5.12. The quantitative estimate of drug-likeness (QED) is 0.505. The number of piperazine rings is 1. The molecule has 0 radical (unpaired) electrons. The molecule has 0 aliphatic carbocycles. The predicted octanol–water partition coefficient (Wildman–Crippen LogP) is 2.47. The van der Waals surface area contributed by atoms with Gasteiger partial charge in [0.25, 0.3) is 0 Å². The Balaban J connectivity index is 1.03. The van der Waals surface area contributed by atoms with Crippen molar-refractivity contribution in [3.8, 4) is 11.5 Å².